The molecule has 2 aromatic rings. The highest BCUT2D eigenvalue weighted by atomic mass is 32.1. The van der Waals surface area contributed by atoms with Crippen molar-refractivity contribution in [2.24, 2.45) is 0 Å². The van der Waals surface area contributed by atoms with Gasteiger partial charge in [0, 0.05) is 16.1 Å². The molecule has 0 unspecified atom stereocenters. The van der Waals surface area contributed by atoms with E-state index in [1.165, 1.54) is 17.4 Å². The molecule has 0 atom stereocenters. The molecule has 0 aliphatic heterocycles. The Morgan fingerprint density at radius 2 is 1.93 bits per heavy atom. The second-order valence-electron chi connectivity index (χ2n) is 3.31. The lowest BCUT2D eigenvalue weighted by molar-refractivity contribution is 0.512. The Bertz CT molecular complexity index is 505. The average Bonchev–Trinajstić information content (AvgIpc) is 2.58. The number of anilines is 1. The Balaban J connectivity index is 2.62. The van der Waals surface area contributed by atoms with Crippen molar-refractivity contribution in [2.45, 2.75) is 6.92 Å². The number of nitrogens with two attached hydrogens (primary N) is 1. The first-order chi connectivity index (χ1) is 7.08. The van der Waals surface area contributed by atoms with Crippen molar-refractivity contribution in [3.05, 3.63) is 40.1 Å². The van der Waals surface area contributed by atoms with Gasteiger partial charge in [-0.1, -0.05) is 0 Å². The molecule has 0 saturated heterocycles. The first-order valence-electron chi connectivity index (χ1n) is 4.38. The van der Waals surface area contributed by atoms with Crippen LogP contribution in [0.3, 0.4) is 0 Å². The molecule has 0 aliphatic carbocycles. The van der Waals surface area contributed by atoms with Crippen LogP contribution in [0.2, 0.25) is 0 Å². The van der Waals surface area contributed by atoms with Gasteiger partial charge in [0.25, 0.3) is 0 Å². The molecule has 0 radical (unpaired) electrons. The fraction of sp³-hybridized carbons (Fsp3) is 0.0909. The number of hydrogen-bond donors (Lipinski definition) is 1. The van der Waals surface area contributed by atoms with Gasteiger partial charge in [-0.3, -0.25) is 0 Å². The molecule has 0 spiro atoms. The highest BCUT2D eigenvalue weighted by Gasteiger charge is 2.12. The van der Waals surface area contributed by atoms with E-state index in [0.717, 1.165) is 10.9 Å². The fourth-order valence-corrected chi connectivity index (χ4v) is 2.11. The third-order valence-electron chi connectivity index (χ3n) is 2.09. The average molecular weight is 225 g/mol. The van der Waals surface area contributed by atoms with Crippen molar-refractivity contribution in [1.82, 2.24) is 0 Å². The standard InChI is InChI=1S/C11H9F2NS/c1-6-2-7(5-15-6)9-3-8(14)4-10(12)11(9)13/h2-5H,14H2,1H3. The van der Waals surface area contributed by atoms with E-state index in [-0.39, 0.29) is 11.3 Å². The van der Waals surface area contributed by atoms with E-state index in [4.69, 9.17) is 5.73 Å². The highest BCUT2D eigenvalue weighted by molar-refractivity contribution is 7.10. The molecule has 78 valence electrons. The van der Waals surface area contributed by atoms with Crippen LogP contribution in [0.1, 0.15) is 4.88 Å². The maximum Gasteiger partial charge on any atom is 0.166 e. The minimum atomic E-state index is -0.908. The van der Waals surface area contributed by atoms with E-state index in [1.807, 2.05) is 13.0 Å². The van der Waals surface area contributed by atoms with Gasteiger partial charge in [-0.05, 0) is 36.1 Å². The highest BCUT2D eigenvalue weighted by Crippen LogP contribution is 2.30. The zero-order chi connectivity index (χ0) is 11.0. The number of rotatable bonds is 1. The van der Waals surface area contributed by atoms with E-state index in [9.17, 15) is 8.78 Å². The zero-order valence-corrected chi connectivity index (χ0v) is 8.87. The van der Waals surface area contributed by atoms with Gasteiger partial charge in [0.2, 0.25) is 0 Å². The monoisotopic (exact) mass is 225 g/mol. The minimum absolute atomic E-state index is 0.219. The van der Waals surface area contributed by atoms with Gasteiger partial charge in [0.15, 0.2) is 11.6 Å². The summed E-state index contributed by atoms with van der Waals surface area (Å²) in [4.78, 5) is 1.05. The summed E-state index contributed by atoms with van der Waals surface area (Å²) in [5.74, 6) is -1.75. The Hall–Kier alpha value is -1.42. The van der Waals surface area contributed by atoms with Crippen LogP contribution in [-0.2, 0) is 0 Å². The van der Waals surface area contributed by atoms with Crippen molar-refractivity contribution in [2.75, 3.05) is 5.73 Å². The van der Waals surface area contributed by atoms with Crippen molar-refractivity contribution in [3.63, 3.8) is 0 Å². The molecule has 1 aromatic heterocycles. The van der Waals surface area contributed by atoms with Crippen molar-refractivity contribution >= 4 is 17.0 Å². The SMILES string of the molecule is Cc1cc(-c2cc(N)cc(F)c2F)cs1. The number of benzene rings is 1. The molecule has 1 aromatic carbocycles. The summed E-state index contributed by atoms with van der Waals surface area (Å²) < 4.78 is 26.5. The molecular formula is C11H9F2NS. The number of hydrogen-bond acceptors (Lipinski definition) is 2. The van der Waals surface area contributed by atoms with Crippen molar-refractivity contribution in [1.29, 1.82) is 0 Å². The van der Waals surface area contributed by atoms with Gasteiger partial charge in [0.1, 0.15) is 0 Å². The van der Waals surface area contributed by atoms with E-state index in [1.54, 1.807) is 5.38 Å². The van der Waals surface area contributed by atoms with E-state index >= 15 is 0 Å². The quantitative estimate of drug-likeness (QED) is 0.737. The summed E-state index contributed by atoms with van der Waals surface area (Å²) in [6, 6.07) is 4.24. The first kappa shape index (κ1) is 10.1. The van der Waals surface area contributed by atoms with Crippen molar-refractivity contribution in [3.8, 4) is 11.1 Å². The Morgan fingerprint density at radius 1 is 1.20 bits per heavy atom. The smallest absolute Gasteiger partial charge is 0.166 e. The van der Waals surface area contributed by atoms with Crippen molar-refractivity contribution < 1.29 is 8.78 Å². The lowest BCUT2D eigenvalue weighted by Gasteiger charge is -2.03. The van der Waals surface area contributed by atoms with Crippen LogP contribution in [-0.4, -0.2) is 0 Å². The molecule has 1 nitrogen and oxygen atoms in total. The van der Waals surface area contributed by atoms with Crippen LogP contribution in [0.25, 0.3) is 11.1 Å². The van der Waals surface area contributed by atoms with Gasteiger partial charge in [0.05, 0.1) is 0 Å². The second kappa shape index (κ2) is 3.62. The summed E-state index contributed by atoms with van der Waals surface area (Å²) in [7, 11) is 0. The summed E-state index contributed by atoms with van der Waals surface area (Å²) in [6.45, 7) is 1.91. The van der Waals surface area contributed by atoms with E-state index < -0.39 is 11.6 Å². The van der Waals surface area contributed by atoms with Gasteiger partial charge >= 0.3 is 0 Å². The molecule has 1 heterocycles. The fourth-order valence-electron chi connectivity index (χ4n) is 1.40. The molecule has 4 heteroatoms. The molecule has 0 aliphatic rings. The Labute approximate surface area is 90.2 Å². The van der Waals surface area contributed by atoms with Crippen LogP contribution < -0.4 is 5.73 Å². The third-order valence-corrected chi connectivity index (χ3v) is 2.95. The van der Waals surface area contributed by atoms with Crippen LogP contribution in [0.4, 0.5) is 14.5 Å². The summed E-state index contributed by atoms with van der Waals surface area (Å²) in [6.07, 6.45) is 0. The van der Waals surface area contributed by atoms with Gasteiger partial charge in [-0.2, -0.15) is 0 Å². The maximum atomic E-state index is 13.5. The minimum Gasteiger partial charge on any atom is -0.399 e. The molecular weight excluding hydrogens is 216 g/mol. The molecule has 15 heavy (non-hydrogen) atoms. The van der Waals surface area contributed by atoms with Gasteiger partial charge in [-0.15, -0.1) is 11.3 Å². The van der Waals surface area contributed by atoms with Crippen LogP contribution in [0.5, 0.6) is 0 Å². The van der Waals surface area contributed by atoms with Gasteiger partial charge in [-0.25, -0.2) is 8.78 Å². The predicted octanol–water partition coefficient (Wildman–Crippen LogP) is 3.58. The molecule has 0 saturated carbocycles. The molecule has 0 fully saturated rings. The topological polar surface area (TPSA) is 26.0 Å². The van der Waals surface area contributed by atoms with E-state index in [0.29, 0.717) is 5.56 Å². The zero-order valence-electron chi connectivity index (χ0n) is 8.05. The Kier molecular flexibility index (Phi) is 2.44. The molecule has 2 N–H and O–H groups in total. The summed E-state index contributed by atoms with van der Waals surface area (Å²) >= 11 is 1.49. The number of thiophene rings is 1. The second-order valence-corrected chi connectivity index (χ2v) is 4.43. The first-order valence-corrected chi connectivity index (χ1v) is 5.26. The largest absolute Gasteiger partial charge is 0.399 e. The molecule has 0 amide bonds. The van der Waals surface area contributed by atoms with Crippen LogP contribution in [0, 0.1) is 18.6 Å². The maximum absolute atomic E-state index is 13.5. The van der Waals surface area contributed by atoms with Gasteiger partial charge < -0.3 is 5.73 Å². The third kappa shape index (κ3) is 1.85. The lowest BCUT2D eigenvalue weighted by Crippen LogP contribution is -1.93. The molecule has 0 bridgehead atoms. The normalized spacial score (nSPS) is 10.6. The van der Waals surface area contributed by atoms with E-state index in [2.05, 4.69) is 0 Å². The lowest BCUT2D eigenvalue weighted by atomic mass is 10.1. The van der Waals surface area contributed by atoms with Crippen LogP contribution in [0.15, 0.2) is 23.6 Å². The number of aryl methyl sites for hydroxylation is 1. The molecule has 2 rings (SSSR count). The Morgan fingerprint density at radius 3 is 2.53 bits per heavy atom. The predicted molar refractivity (Wildman–Crippen MR) is 58.8 cm³/mol. The number of halogens is 2. The summed E-state index contributed by atoms with van der Waals surface area (Å²) in [5, 5.41) is 1.78. The van der Waals surface area contributed by atoms with Crippen LogP contribution >= 0.6 is 11.3 Å². The summed E-state index contributed by atoms with van der Waals surface area (Å²) in [5.41, 5.74) is 6.59. The number of nitrogen functional groups attached to an aromatic ring is 1.